The number of fused-ring (bicyclic) bond motifs is 2. The summed E-state index contributed by atoms with van der Waals surface area (Å²) in [7, 11) is 0. The van der Waals surface area contributed by atoms with Gasteiger partial charge in [0.2, 0.25) is 5.95 Å². The van der Waals surface area contributed by atoms with E-state index in [1.165, 1.54) is 34.5 Å². The highest BCUT2D eigenvalue weighted by Gasteiger charge is 2.43. The number of carbonyl (C=O) groups excluding carboxylic acids is 1. The first-order chi connectivity index (χ1) is 15.6. The number of likely N-dealkylation sites (tertiary alicyclic amines) is 1. The van der Waals surface area contributed by atoms with Crippen LogP contribution < -0.4 is 4.90 Å². The van der Waals surface area contributed by atoms with Gasteiger partial charge in [0.1, 0.15) is 17.1 Å². The summed E-state index contributed by atoms with van der Waals surface area (Å²) < 4.78 is 14.7. The molecule has 2 aromatic heterocycles. The average molecular weight is 433 g/mol. The number of carbonyl (C=O) groups is 1. The number of hydrogen-bond acceptors (Lipinski definition) is 6. The van der Waals surface area contributed by atoms with Crippen LogP contribution in [0.1, 0.15) is 33.7 Å². The van der Waals surface area contributed by atoms with Gasteiger partial charge in [0.15, 0.2) is 0 Å². The Morgan fingerprint density at radius 3 is 2.53 bits per heavy atom. The van der Waals surface area contributed by atoms with Crippen LogP contribution in [-0.2, 0) is 12.8 Å². The molecule has 0 radical (unpaired) electrons. The summed E-state index contributed by atoms with van der Waals surface area (Å²) in [4.78, 5) is 28.3. The molecule has 0 N–H and O–H groups in total. The van der Waals surface area contributed by atoms with Crippen molar-refractivity contribution in [2.24, 2.45) is 11.8 Å². The molecule has 8 nitrogen and oxygen atoms in total. The van der Waals surface area contributed by atoms with Crippen LogP contribution in [-0.4, -0.2) is 61.9 Å². The highest BCUT2D eigenvalue weighted by atomic mass is 19.1. The number of aryl methyl sites for hydroxylation is 2. The molecule has 32 heavy (non-hydrogen) atoms. The number of hydrogen-bond donors (Lipinski definition) is 0. The monoisotopic (exact) mass is 433 g/mol. The van der Waals surface area contributed by atoms with Crippen LogP contribution in [0.4, 0.5) is 10.3 Å². The second-order valence-corrected chi connectivity index (χ2v) is 8.98. The van der Waals surface area contributed by atoms with Crippen molar-refractivity contribution >= 4 is 11.9 Å². The smallest absolute Gasteiger partial charge is 0.259 e. The molecule has 6 rings (SSSR count). The third-order valence-electron chi connectivity index (χ3n) is 7.02. The molecule has 0 spiro atoms. The summed E-state index contributed by atoms with van der Waals surface area (Å²) in [5.74, 6) is 0.617. The fraction of sp³-hybridized carbons (Fsp3) is 0.435. The van der Waals surface area contributed by atoms with Gasteiger partial charge in [-0.05, 0) is 43.9 Å². The maximum absolute atomic E-state index is 14.7. The van der Waals surface area contributed by atoms with Gasteiger partial charge in [0.25, 0.3) is 5.91 Å². The van der Waals surface area contributed by atoms with E-state index in [0.29, 0.717) is 30.6 Å². The normalized spacial score (nSPS) is 21.8. The van der Waals surface area contributed by atoms with E-state index < -0.39 is 5.82 Å². The summed E-state index contributed by atoms with van der Waals surface area (Å²) >= 11 is 0. The highest BCUT2D eigenvalue weighted by Crippen LogP contribution is 2.35. The maximum Gasteiger partial charge on any atom is 0.259 e. The lowest BCUT2D eigenvalue weighted by atomic mass is 10.0. The molecule has 3 aliphatic rings. The minimum Gasteiger partial charge on any atom is -0.340 e. The minimum absolute atomic E-state index is 0.0260. The van der Waals surface area contributed by atoms with E-state index >= 15 is 0 Å². The van der Waals surface area contributed by atoms with Gasteiger partial charge in [0.05, 0.1) is 12.4 Å². The highest BCUT2D eigenvalue weighted by molar-refractivity contribution is 5.98. The molecule has 1 amide bonds. The molecule has 164 valence electrons. The van der Waals surface area contributed by atoms with Gasteiger partial charge in [0, 0.05) is 49.4 Å². The average Bonchev–Trinajstić information content (AvgIpc) is 3.56. The van der Waals surface area contributed by atoms with Crippen molar-refractivity contribution in [3.63, 3.8) is 0 Å². The van der Waals surface area contributed by atoms with E-state index in [0.717, 1.165) is 44.0 Å². The summed E-state index contributed by atoms with van der Waals surface area (Å²) in [6.07, 6.45) is 6.29. The topological polar surface area (TPSA) is 80.0 Å². The molecule has 1 aliphatic carbocycles. The Morgan fingerprint density at radius 2 is 1.78 bits per heavy atom. The zero-order chi connectivity index (χ0) is 21.8. The summed E-state index contributed by atoms with van der Waals surface area (Å²) in [6, 6.07) is 4.55. The number of benzene rings is 1. The van der Waals surface area contributed by atoms with Crippen molar-refractivity contribution in [3.8, 4) is 5.69 Å². The lowest BCUT2D eigenvalue weighted by molar-refractivity contribution is 0.0777. The van der Waals surface area contributed by atoms with Crippen molar-refractivity contribution in [1.82, 2.24) is 29.9 Å². The standard InChI is InChI=1S/C23H24FN7O/c1-14-17-4-2-6-19(17)28-23(27-14)30-12-15-10-29(11-16(15)13-30)22(32)21-18(24)5-3-7-20(21)31-25-8-9-26-31/h3,5,7-9,15-16H,2,4,6,10-13H2,1H3. The Morgan fingerprint density at radius 1 is 1.03 bits per heavy atom. The van der Waals surface area contributed by atoms with Gasteiger partial charge >= 0.3 is 0 Å². The van der Waals surface area contributed by atoms with Crippen molar-refractivity contribution in [1.29, 1.82) is 0 Å². The number of rotatable bonds is 3. The molecule has 2 atom stereocenters. The summed E-state index contributed by atoms with van der Waals surface area (Å²) in [6.45, 7) is 4.91. The predicted octanol–water partition coefficient (Wildman–Crippen LogP) is 2.20. The Bertz CT molecular complexity index is 1180. The Balaban J connectivity index is 1.20. The van der Waals surface area contributed by atoms with E-state index in [1.54, 1.807) is 17.0 Å². The molecule has 2 unspecified atom stereocenters. The van der Waals surface area contributed by atoms with Crippen LogP contribution >= 0.6 is 0 Å². The fourth-order valence-electron chi connectivity index (χ4n) is 5.46. The summed E-state index contributed by atoms with van der Waals surface area (Å²) in [5, 5.41) is 8.15. The van der Waals surface area contributed by atoms with Gasteiger partial charge in [-0.25, -0.2) is 14.4 Å². The number of halogens is 1. The first-order valence-corrected chi connectivity index (χ1v) is 11.1. The predicted molar refractivity (Wildman–Crippen MR) is 115 cm³/mol. The number of nitrogens with zero attached hydrogens (tertiary/aromatic N) is 7. The van der Waals surface area contributed by atoms with Crippen LogP contribution in [0.5, 0.6) is 0 Å². The van der Waals surface area contributed by atoms with Gasteiger partial charge in [-0.1, -0.05) is 6.07 Å². The molecule has 2 aliphatic heterocycles. The van der Waals surface area contributed by atoms with E-state index in [-0.39, 0.29) is 11.5 Å². The van der Waals surface area contributed by atoms with Crippen molar-refractivity contribution in [2.45, 2.75) is 26.2 Å². The first-order valence-electron chi connectivity index (χ1n) is 11.1. The molecule has 3 aromatic rings. The molecule has 1 aromatic carbocycles. The van der Waals surface area contributed by atoms with Crippen LogP contribution in [0.2, 0.25) is 0 Å². The van der Waals surface area contributed by atoms with Gasteiger partial charge in [-0.15, -0.1) is 0 Å². The molecule has 2 saturated heterocycles. The molecule has 0 saturated carbocycles. The van der Waals surface area contributed by atoms with Crippen molar-refractivity contribution in [2.75, 3.05) is 31.1 Å². The second kappa shape index (κ2) is 7.36. The lowest BCUT2D eigenvalue weighted by Gasteiger charge is -2.23. The number of anilines is 1. The molecule has 9 heteroatoms. The molecule has 2 fully saturated rings. The Kier molecular flexibility index (Phi) is 4.44. The van der Waals surface area contributed by atoms with Crippen molar-refractivity contribution in [3.05, 3.63) is 58.9 Å². The van der Waals surface area contributed by atoms with E-state index in [2.05, 4.69) is 22.0 Å². The first kappa shape index (κ1) is 19.3. The quantitative estimate of drug-likeness (QED) is 0.630. The fourth-order valence-corrected chi connectivity index (χ4v) is 5.46. The zero-order valence-corrected chi connectivity index (χ0v) is 17.9. The molecular weight excluding hydrogens is 409 g/mol. The van der Waals surface area contributed by atoms with Crippen LogP contribution in [0.15, 0.2) is 30.6 Å². The van der Waals surface area contributed by atoms with E-state index in [9.17, 15) is 9.18 Å². The molecule has 0 bridgehead atoms. The third kappa shape index (κ3) is 3.06. The van der Waals surface area contributed by atoms with Crippen molar-refractivity contribution < 1.29 is 9.18 Å². The van der Waals surface area contributed by atoms with Crippen LogP contribution in [0.3, 0.4) is 0 Å². The largest absolute Gasteiger partial charge is 0.340 e. The van der Waals surface area contributed by atoms with E-state index in [1.807, 2.05) is 0 Å². The third-order valence-corrected chi connectivity index (χ3v) is 7.02. The maximum atomic E-state index is 14.7. The SMILES string of the molecule is Cc1nc(N2CC3CN(C(=O)c4c(F)cccc4-n4nccn4)CC3C2)nc2c1CCC2. The Labute approximate surface area is 185 Å². The van der Waals surface area contributed by atoms with Crippen LogP contribution in [0, 0.1) is 24.6 Å². The number of aromatic nitrogens is 5. The Hall–Kier alpha value is -3.36. The van der Waals surface area contributed by atoms with Gasteiger partial charge in [-0.2, -0.15) is 15.0 Å². The zero-order valence-electron chi connectivity index (χ0n) is 17.9. The summed E-state index contributed by atoms with van der Waals surface area (Å²) in [5.41, 5.74) is 3.99. The number of amides is 1. The van der Waals surface area contributed by atoms with Gasteiger partial charge in [-0.3, -0.25) is 4.79 Å². The lowest BCUT2D eigenvalue weighted by Crippen LogP contribution is -2.35. The second-order valence-electron chi connectivity index (χ2n) is 8.98. The minimum atomic E-state index is -0.550. The molecular formula is C23H24FN7O. The van der Waals surface area contributed by atoms with Gasteiger partial charge < -0.3 is 9.80 Å². The molecule has 4 heterocycles. The van der Waals surface area contributed by atoms with Crippen LogP contribution in [0.25, 0.3) is 5.69 Å². The van der Waals surface area contributed by atoms with E-state index in [4.69, 9.17) is 9.97 Å².